The summed E-state index contributed by atoms with van der Waals surface area (Å²) in [5.41, 5.74) is 4.48. The Morgan fingerprint density at radius 1 is 1.00 bits per heavy atom. The van der Waals surface area contributed by atoms with Gasteiger partial charge in [-0.1, -0.05) is 57.0 Å². The average molecular weight is 543 g/mol. The summed E-state index contributed by atoms with van der Waals surface area (Å²) in [6.45, 7) is 9.50. The highest BCUT2D eigenvalue weighted by Gasteiger charge is 2.45. The van der Waals surface area contributed by atoms with Gasteiger partial charge in [-0.05, 0) is 64.0 Å². The molecule has 2 atom stereocenters. The van der Waals surface area contributed by atoms with Crippen LogP contribution in [0.4, 0.5) is 5.82 Å². The Kier molecular flexibility index (Phi) is 7.13. The van der Waals surface area contributed by atoms with Gasteiger partial charge in [-0.15, -0.1) is 0 Å². The summed E-state index contributed by atoms with van der Waals surface area (Å²) in [7, 11) is 0. The summed E-state index contributed by atoms with van der Waals surface area (Å²) in [5.74, 6) is 2.07. The van der Waals surface area contributed by atoms with Crippen LogP contribution in [0.3, 0.4) is 0 Å². The summed E-state index contributed by atoms with van der Waals surface area (Å²) >= 11 is 0. The smallest absolute Gasteiger partial charge is 0.319 e. The fourth-order valence-electron chi connectivity index (χ4n) is 7.39. The van der Waals surface area contributed by atoms with Crippen LogP contribution >= 0.6 is 0 Å². The van der Waals surface area contributed by atoms with Crippen molar-refractivity contribution < 1.29 is 6.16 Å². The molecule has 2 aromatic heterocycles. The first-order chi connectivity index (χ1) is 19.6. The number of aryl methyl sites for hydroxylation is 1. The molecule has 5 fully saturated rings. The van der Waals surface area contributed by atoms with Gasteiger partial charge in [0.2, 0.25) is 0 Å². The second kappa shape index (κ2) is 10.9. The third kappa shape index (κ3) is 5.07. The van der Waals surface area contributed by atoms with Crippen LogP contribution in [0.2, 0.25) is 0 Å². The molecule has 1 aromatic carbocycles. The Hall–Kier alpha value is -2.77. The summed E-state index contributed by atoms with van der Waals surface area (Å²) < 4.78 is 6.52. The van der Waals surface area contributed by atoms with Crippen molar-refractivity contribution in [2.75, 3.05) is 37.7 Å². The lowest BCUT2D eigenvalue weighted by Crippen LogP contribution is -2.51. The molecule has 4 aliphatic heterocycles. The minimum atomic E-state index is 0. The van der Waals surface area contributed by atoms with E-state index in [0.717, 1.165) is 53.4 Å². The fraction of sp³-hybridized carbons (Fsp3) is 0.606. The van der Waals surface area contributed by atoms with Crippen LogP contribution in [0.25, 0.3) is 22.2 Å². The predicted molar refractivity (Wildman–Crippen MR) is 163 cm³/mol. The molecule has 2 bridgehead atoms. The van der Waals surface area contributed by atoms with Gasteiger partial charge in [0.1, 0.15) is 12.4 Å². The van der Waals surface area contributed by atoms with Crippen LogP contribution in [-0.4, -0.2) is 70.3 Å². The van der Waals surface area contributed by atoms with Gasteiger partial charge < -0.3 is 15.0 Å². The molecule has 0 amide bonds. The molecule has 1 saturated carbocycles. The van der Waals surface area contributed by atoms with Crippen LogP contribution in [-0.2, 0) is 6.42 Å². The van der Waals surface area contributed by atoms with Gasteiger partial charge >= 0.3 is 6.01 Å². The molecule has 214 valence electrons. The monoisotopic (exact) mass is 542 g/mol. The van der Waals surface area contributed by atoms with Crippen LogP contribution in [0, 0.1) is 5.92 Å². The van der Waals surface area contributed by atoms with Gasteiger partial charge in [0, 0.05) is 43.9 Å². The van der Waals surface area contributed by atoms with Crippen LogP contribution in [0.5, 0.6) is 6.01 Å². The highest BCUT2D eigenvalue weighted by atomic mass is 16.5. The first-order valence-corrected chi connectivity index (χ1v) is 15.8. The van der Waals surface area contributed by atoms with Gasteiger partial charge in [-0.2, -0.15) is 9.97 Å². The van der Waals surface area contributed by atoms with E-state index in [1.165, 1.54) is 70.0 Å². The second-order valence-corrected chi connectivity index (χ2v) is 12.8. The molecular formula is C33H46N6O. The number of nitrogens with zero attached hydrogens (tertiary/aromatic N) is 5. The van der Waals surface area contributed by atoms with Crippen molar-refractivity contribution in [3.05, 3.63) is 42.1 Å². The van der Waals surface area contributed by atoms with Crippen molar-refractivity contribution in [3.8, 4) is 17.3 Å². The van der Waals surface area contributed by atoms with E-state index >= 15 is 0 Å². The van der Waals surface area contributed by atoms with Crippen molar-refractivity contribution in [2.24, 2.45) is 5.92 Å². The number of nitrogens with one attached hydrogen (secondary N) is 1. The molecule has 4 saturated heterocycles. The summed E-state index contributed by atoms with van der Waals surface area (Å²) in [6, 6.07) is 12.1. The van der Waals surface area contributed by atoms with Crippen molar-refractivity contribution in [1.29, 1.82) is 0 Å². The number of piperazine rings is 1. The van der Waals surface area contributed by atoms with E-state index < -0.39 is 0 Å². The van der Waals surface area contributed by atoms with Gasteiger partial charge in [0.15, 0.2) is 0 Å². The SMILES string of the molecule is CC1CC1.CCc1c(-c2ccccc2)ncc2c(N3CC4CCC(C3)N4)nc(OCC34CCCN3CCC4)nc12.[HH]. The van der Waals surface area contributed by atoms with Crippen LogP contribution in [0.1, 0.15) is 72.2 Å². The Labute approximate surface area is 240 Å². The molecule has 5 aliphatic rings. The molecule has 1 N–H and O–H groups in total. The Morgan fingerprint density at radius 2 is 1.70 bits per heavy atom. The minimum Gasteiger partial charge on any atom is -0.461 e. The standard InChI is InChI=1S/C29H36N6O.C4H8.H2/c1-2-23-25(20-8-4-3-5-9-20)30-16-24-26(23)32-28(36-19-29-12-6-14-35(29)15-7-13-29)33-27(24)34-17-21-10-11-22(18-34)31-21;1-4-2-3-4;/h3-5,8-9,16,21-22,31H,2,6-7,10-15,17-19H2,1H3;4H,2-3H2,1H3;1H. The zero-order valence-corrected chi connectivity index (χ0v) is 24.2. The summed E-state index contributed by atoms with van der Waals surface area (Å²) in [5, 5.41) is 4.80. The topological polar surface area (TPSA) is 66.4 Å². The number of anilines is 1. The molecule has 40 heavy (non-hydrogen) atoms. The average Bonchev–Trinajstić information content (AvgIpc) is 3.35. The maximum Gasteiger partial charge on any atom is 0.319 e. The van der Waals surface area contributed by atoms with E-state index in [-0.39, 0.29) is 6.97 Å². The lowest BCUT2D eigenvalue weighted by molar-refractivity contribution is 0.108. The van der Waals surface area contributed by atoms with Gasteiger partial charge in [0.05, 0.1) is 22.1 Å². The number of aromatic nitrogens is 3. The van der Waals surface area contributed by atoms with Crippen molar-refractivity contribution in [2.45, 2.75) is 89.3 Å². The molecule has 0 radical (unpaired) electrons. The fourth-order valence-corrected chi connectivity index (χ4v) is 7.39. The van der Waals surface area contributed by atoms with E-state index in [0.29, 0.717) is 24.7 Å². The summed E-state index contributed by atoms with van der Waals surface area (Å²) in [6.07, 6.45) is 13.3. The van der Waals surface area contributed by atoms with Crippen LogP contribution in [0.15, 0.2) is 36.5 Å². The number of pyridine rings is 1. The van der Waals surface area contributed by atoms with E-state index in [1.54, 1.807) is 0 Å². The van der Waals surface area contributed by atoms with Gasteiger partial charge in [-0.25, -0.2) is 0 Å². The molecule has 2 unspecified atom stereocenters. The maximum atomic E-state index is 6.52. The van der Waals surface area contributed by atoms with E-state index in [2.05, 4.69) is 59.3 Å². The molecule has 7 nitrogen and oxygen atoms in total. The number of fused-ring (bicyclic) bond motifs is 4. The van der Waals surface area contributed by atoms with Crippen molar-refractivity contribution >= 4 is 16.7 Å². The highest BCUT2D eigenvalue weighted by molar-refractivity contribution is 5.94. The zero-order valence-electron chi connectivity index (χ0n) is 24.2. The number of rotatable bonds is 6. The van der Waals surface area contributed by atoms with Gasteiger partial charge in [0.25, 0.3) is 0 Å². The molecular weight excluding hydrogens is 496 g/mol. The van der Waals surface area contributed by atoms with Crippen molar-refractivity contribution in [3.63, 3.8) is 0 Å². The quantitative estimate of drug-likeness (QED) is 0.418. The number of hydrogen-bond donors (Lipinski definition) is 1. The lowest BCUT2D eigenvalue weighted by atomic mass is 9.95. The molecule has 7 heteroatoms. The Morgan fingerprint density at radius 3 is 2.35 bits per heavy atom. The van der Waals surface area contributed by atoms with Crippen molar-refractivity contribution in [1.82, 2.24) is 25.2 Å². The number of ether oxygens (including phenoxy) is 1. The third-order valence-electron chi connectivity index (χ3n) is 9.86. The van der Waals surface area contributed by atoms with Crippen LogP contribution < -0.4 is 15.0 Å². The normalized spacial score (nSPS) is 25.1. The molecule has 1 aliphatic carbocycles. The van der Waals surface area contributed by atoms with E-state index in [9.17, 15) is 0 Å². The number of benzene rings is 1. The maximum absolute atomic E-state index is 6.52. The second-order valence-electron chi connectivity index (χ2n) is 12.8. The molecule has 6 heterocycles. The lowest BCUT2D eigenvalue weighted by Gasteiger charge is -2.35. The van der Waals surface area contributed by atoms with Gasteiger partial charge in [-0.3, -0.25) is 9.88 Å². The molecule has 8 rings (SSSR count). The largest absolute Gasteiger partial charge is 0.461 e. The summed E-state index contributed by atoms with van der Waals surface area (Å²) in [4.78, 5) is 20.2. The zero-order chi connectivity index (χ0) is 27.1. The minimum absolute atomic E-state index is 0. The highest BCUT2D eigenvalue weighted by Crippen LogP contribution is 2.40. The molecule has 0 spiro atoms. The predicted octanol–water partition coefficient (Wildman–Crippen LogP) is 5.86. The van der Waals surface area contributed by atoms with E-state index in [1.807, 2.05) is 6.20 Å². The Balaban J connectivity index is 0.000000559. The van der Waals surface area contributed by atoms with E-state index in [4.69, 9.17) is 19.7 Å². The number of hydrogen-bond acceptors (Lipinski definition) is 7. The molecule has 3 aromatic rings. The Bertz CT molecular complexity index is 1330. The first kappa shape index (κ1) is 26.1. The first-order valence-electron chi connectivity index (χ1n) is 15.8. The third-order valence-corrected chi connectivity index (χ3v) is 9.86.